The van der Waals surface area contributed by atoms with Gasteiger partial charge in [-0.3, -0.25) is 0 Å². The molecule has 0 N–H and O–H groups in total. The predicted molar refractivity (Wildman–Crippen MR) is 137 cm³/mol. The summed E-state index contributed by atoms with van der Waals surface area (Å²) in [6.07, 6.45) is 30.5. The smallest absolute Gasteiger partial charge is 0.169 e. The van der Waals surface area contributed by atoms with Crippen molar-refractivity contribution in [3.8, 4) is 0 Å². The fourth-order valence-electron chi connectivity index (χ4n) is 4.42. The molecule has 0 saturated heterocycles. The van der Waals surface area contributed by atoms with E-state index in [1.165, 1.54) is 127 Å². The Bertz CT molecular complexity index is 624. The maximum absolute atomic E-state index is 2.36. The maximum Gasteiger partial charge on any atom is 0.169 e. The van der Waals surface area contributed by atoms with Crippen LogP contribution < -0.4 is 33.9 Å². The number of aromatic nitrogens is 2. The summed E-state index contributed by atoms with van der Waals surface area (Å²) in [6.45, 7) is 6.88. The van der Waals surface area contributed by atoms with Crippen LogP contribution in [-0.2, 0) is 25.9 Å². The Labute approximate surface area is 223 Å². The molecule has 0 saturated carbocycles. The summed E-state index contributed by atoms with van der Waals surface area (Å²) >= 11 is 0. The van der Waals surface area contributed by atoms with Crippen LogP contribution in [0.25, 0.3) is 0 Å². The summed E-state index contributed by atoms with van der Waals surface area (Å²) in [5.74, 6) is 0. The number of pyridine rings is 2. The SMILES string of the molecule is CCCCCc1cc[n+](CCCCCCCCCC[n+]2ccc(CCCCC)cc2)cc1.[Cl-].[Cl-]. The van der Waals surface area contributed by atoms with Crippen LogP contribution in [0.5, 0.6) is 0 Å². The van der Waals surface area contributed by atoms with Crippen LogP contribution in [0.1, 0.15) is 115 Å². The molecule has 0 aliphatic carbocycles. The lowest BCUT2D eigenvalue weighted by Gasteiger charge is -2.03. The van der Waals surface area contributed by atoms with Crippen molar-refractivity contribution in [2.75, 3.05) is 0 Å². The number of halogens is 2. The molecule has 4 heteroatoms. The van der Waals surface area contributed by atoms with E-state index in [0.717, 1.165) is 0 Å². The highest BCUT2D eigenvalue weighted by Crippen LogP contribution is 2.09. The summed E-state index contributed by atoms with van der Waals surface area (Å²) in [4.78, 5) is 0. The first-order valence-corrected chi connectivity index (χ1v) is 13.8. The highest BCUT2D eigenvalue weighted by molar-refractivity contribution is 5.07. The molecule has 2 rings (SSSR count). The van der Waals surface area contributed by atoms with Gasteiger partial charge < -0.3 is 24.8 Å². The molecule has 0 atom stereocenters. The first kappa shape index (κ1) is 32.9. The average Bonchev–Trinajstić information content (AvgIpc) is 2.82. The van der Waals surface area contributed by atoms with Crippen LogP contribution in [0, 0.1) is 0 Å². The van der Waals surface area contributed by atoms with E-state index in [-0.39, 0.29) is 24.8 Å². The molecule has 2 nitrogen and oxygen atoms in total. The van der Waals surface area contributed by atoms with E-state index >= 15 is 0 Å². The Morgan fingerprint density at radius 2 is 0.765 bits per heavy atom. The molecular formula is C30H50Cl2N2. The maximum atomic E-state index is 2.36. The van der Waals surface area contributed by atoms with Gasteiger partial charge in [0.25, 0.3) is 0 Å². The van der Waals surface area contributed by atoms with Gasteiger partial charge in [0.05, 0.1) is 0 Å². The minimum atomic E-state index is 0. The van der Waals surface area contributed by atoms with Crippen molar-refractivity contribution in [3.63, 3.8) is 0 Å². The first-order chi connectivity index (χ1) is 15.8. The van der Waals surface area contributed by atoms with Gasteiger partial charge in [0.1, 0.15) is 13.1 Å². The molecule has 0 bridgehead atoms. The van der Waals surface area contributed by atoms with Crippen molar-refractivity contribution < 1.29 is 33.9 Å². The van der Waals surface area contributed by atoms with E-state index in [4.69, 9.17) is 0 Å². The highest BCUT2D eigenvalue weighted by Gasteiger charge is 2.03. The monoisotopic (exact) mass is 508 g/mol. The Kier molecular flexibility index (Phi) is 21.6. The van der Waals surface area contributed by atoms with Gasteiger partial charge >= 0.3 is 0 Å². The fourth-order valence-corrected chi connectivity index (χ4v) is 4.42. The van der Waals surface area contributed by atoms with Gasteiger partial charge in [0, 0.05) is 37.1 Å². The molecule has 0 amide bonds. The van der Waals surface area contributed by atoms with Gasteiger partial charge in [-0.05, 0) is 49.7 Å². The summed E-state index contributed by atoms with van der Waals surface area (Å²) in [5, 5.41) is 0. The zero-order chi connectivity index (χ0) is 22.7. The van der Waals surface area contributed by atoms with Crippen LogP contribution in [-0.4, -0.2) is 0 Å². The minimum Gasteiger partial charge on any atom is -1.00 e. The number of hydrogen-bond acceptors (Lipinski definition) is 0. The Morgan fingerprint density at radius 3 is 1.09 bits per heavy atom. The lowest BCUT2D eigenvalue weighted by Crippen LogP contribution is -3.00. The Morgan fingerprint density at radius 1 is 0.441 bits per heavy atom. The van der Waals surface area contributed by atoms with Gasteiger partial charge in [0.15, 0.2) is 24.8 Å². The number of unbranched alkanes of at least 4 members (excludes halogenated alkanes) is 11. The molecular weight excluding hydrogens is 459 g/mol. The molecule has 0 radical (unpaired) electrons. The van der Waals surface area contributed by atoms with Crippen molar-refractivity contribution in [1.29, 1.82) is 0 Å². The third-order valence-corrected chi connectivity index (χ3v) is 6.64. The van der Waals surface area contributed by atoms with Crippen molar-refractivity contribution in [2.24, 2.45) is 0 Å². The van der Waals surface area contributed by atoms with Crippen LogP contribution in [0.3, 0.4) is 0 Å². The third kappa shape index (κ3) is 15.7. The number of aryl methyl sites for hydroxylation is 4. The third-order valence-electron chi connectivity index (χ3n) is 6.64. The topological polar surface area (TPSA) is 7.76 Å². The lowest BCUT2D eigenvalue weighted by molar-refractivity contribution is -0.697. The predicted octanol–water partition coefficient (Wildman–Crippen LogP) is 1.56. The fraction of sp³-hybridized carbons (Fsp3) is 0.667. The summed E-state index contributed by atoms with van der Waals surface area (Å²) < 4.78 is 4.72. The second-order valence-corrected chi connectivity index (χ2v) is 9.63. The quantitative estimate of drug-likeness (QED) is 0.201. The molecule has 34 heavy (non-hydrogen) atoms. The average molecular weight is 510 g/mol. The van der Waals surface area contributed by atoms with E-state index in [9.17, 15) is 0 Å². The van der Waals surface area contributed by atoms with Gasteiger partial charge in [-0.2, -0.15) is 0 Å². The molecule has 0 spiro atoms. The van der Waals surface area contributed by atoms with Crippen LogP contribution in [0.4, 0.5) is 0 Å². The van der Waals surface area contributed by atoms with Crippen molar-refractivity contribution in [2.45, 2.75) is 130 Å². The van der Waals surface area contributed by atoms with Gasteiger partial charge in [-0.25, -0.2) is 9.13 Å². The highest BCUT2D eigenvalue weighted by atomic mass is 35.5. The van der Waals surface area contributed by atoms with Gasteiger partial charge in [-0.15, -0.1) is 0 Å². The summed E-state index contributed by atoms with van der Waals surface area (Å²) in [5.41, 5.74) is 2.99. The first-order valence-electron chi connectivity index (χ1n) is 13.8. The normalized spacial score (nSPS) is 10.5. The molecule has 0 aromatic carbocycles. The number of hydrogen-bond donors (Lipinski definition) is 0. The Balaban J connectivity index is 0.00000544. The summed E-state index contributed by atoms with van der Waals surface area (Å²) in [6, 6.07) is 9.26. The zero-order valence-corrected chi connectivity index (χ0v) is 23.5. The molecule has 0 unspecified atom stereocenters. The minimum absolute atomic E-state index is 0. The van der Waals surface area contributed by atoms with Gasteiger partial charge in [-0.1, -0.05) is 65.2 Å². The van der Waals surface area contributed by atoms with E-state index in [2.05, 4.69) is 72.0 Å². The molecule has 2 aromatic heterocycles. The second-order valence-electron chi connectivity index (χ2n) is 9.63. The standard InChI is InChI=1S/C30H50N2.2ClH/c1-3-5-13-17-29-19-25-31(26-20-29)23-15-11-9-7-8-10-12-16-24-32-27-21-30(22-28-32)18-14-6-4-2;;/h19-22,25-28H,3-18,23-24H2,1-2H3;2*1H/q+2;;/p-2. The molecule has 2 heterocycles. The molecule has 194 valence electrons. The van der Waals surface area contributed by atoms with Crippen molar-refractivity contribution in [3.05, 3.63) is 60.2 Å². The number of nitrogens with zero attached hydrogens (tertiary/aromatic N) is 2. The van der Waals surface area contributed by atoms with Crippen LogP contribution in [0.15, 0.2) is 49.1 Å². The zero-order valence-electron chi connectivity index (χ0n) is 22.0. The molecule has 0 aliphatic rings. The summed E-state index contributed by atoms with van der Waals surface area (Å²) in [7, 11) is 0. The van der Waals surface area contributed by atoms with E-state index < -0.39 is 0 Å². The van der Waals surface area contributed by atoms with Crippen LogP contribution in [0.2, 0.25) is 0 Å². The molecule has 2 aromatic rings. The van der Waals surface area contributed by atoms with E-state index in [1.54, 1.807) is 0 Å². The van der Waals surface area contributed by atoms with E-state index in [1.807, 2.05) is 0 Å². The Hall–Kier alpha value is -1.12. The molecule has 0 aliphatic heterocycles. The largest absolute Gasteiger partial charge is 1.00 e. The van der Waals surface area contributed by atoms with Gasteiger partial charge in [0.2, 0.25) is 0 Å². The molecule has 0 fully saturated rings. The second kappa shape index (κ2) is 22.4. The number of rotatable bonds is 19. The van der Waals surface area contributed by atoms with Crippen LogP contribution >= 0.6 is 0 Å². The van der Waals surface area contributed by atoms with Crippen molar-refractivity contribution >= 4 is 0 Å². The van der Waals surface area contributed by atoms with E-state index in [0.29, 0.717) is 0 Å². The lowest BCUT2D eigenvalue weighted by atomic mass is 10.1. The van der Waals surface area contributed by atoms with Crippen molar-refractivity contribution in [1.82, 2.24) is 0 Å².